The van der Waals surface area contributed by atoms with E-state index < -0.39 is 16.6 Å². The van der Waals surface area contributed by atoms with Gasteiger partial charge in [-0.3, -0.25) is 4.21 Å². The van der Waals surface area contributed by atoms with E-state index in [1.165, 1.54) is 0 Å². The lowest BCUT2D eigenvalue weighted by atomic mass is 9.89. The number of rotatable bonds is 4. The van der Waals surface area contributed by atoms with Crippen LogP contribution in [0.25, 0.3) is 0 Å². The fraction of sp³-hybridized carbons (Fsp3) is 1.00. The molecule has 2 fully saturated rings. The third-order valence-electron chi connectivity index (χ3n) is 3.72. The number of hydrogen-bond donors (Lipinski definition) is 1. The highest BCUT2D eigenvalue weighted by molar-refractivity contribution is 7.85. The summed E-state index contributed by atoms with van der Waals surface area (Å²) in [5, 5.41) is 3.45. The van der Waals surface area contributed by atoms with Crippen molar-refractivity contribution in [1.82, 2.24) is 5.32 Å². The maximum absolute atomic E-state index is 12.3. The van der Waals surface area contributed by atoms with Crippen LogP contribution in [0, 0.1) is 0 Å². The zero-order valence-corrected chi connectivity index (χ0v) is 11.6. The van der Waals surface area contributed by atoms with Gasteiger partial charge in [0.15, 0.2) is 5.79 Å². The Labute approximate surface area is 106 Å². The Kier molecular flexibility index (Phi) is 4.58. The first kappa shape index (κ1) is 13.5. The molecule has 1 aliphatic heterocycles. The van der Waals surface area contributed by atoms with Gasteiger partial charge in [0.25, 0.3) is 0 Å². The maximum Gasteiger partial charge on any atom is 0.169 e. The van der Waals surface area contributed by atoms with Gasteiger partial charge in [0.2, 0.25) is 0 Å². The number of nitrogens with one attached hydrogen (secondary N) is 1. The molecular formula is C12H23NO3S. The molecule has 1 spiro atoms. The van der Waals surface area contributed by atoms with Gasteiger partial charge in [0.05, 0.1) is 18.5 Å². The van der Waals surface area contributed by atoms with Gasteiger partial charge >= 0.3 is 0 Å². The zero-order valence-electron chi connectivity index (χ0n) is 10.7. The highest BCUT2D eigenvalue weighted by Crippen LogP contribution is 2.37. The van der Waals surface area contributed by atoms with Crippen LogP contribution in [-0.2, 0) is 20.3 Å². The lowest BCUT2D eigenvalue weighted by Crippen LogP contribution is -2.52. The minimum atomic E-state index is -0.781. The molecule has 0 radical (unpaired) electrons. The van der Waals surface area contributed by atoms with Crippen LogP contribution in [-0.4, -0.2) is 47.3 Å². The Morgan fingerprint density at radius 2 is 2.12 bits per heavy atom. The standard InChI is InChI=1S/C12H23NO3S/c1-3-8-17(14)11-9-12(15-6-7-16-12)5-4-10(11)13-2/h10-11,13H,3-9H2,1-2H3. The van der Waals surface area contributed by atoms with Crippen LogP contribution in [0.2, 0.25) is 0 Å². The molecular weight excluding hydrogens is 238 g/mol. The van der Waals surface area contributed by atoms with E-state index in [1.54, 1.807) is 0 Å². The minimum absolute atomic E-state index is 0.159. The SMILES string of the molecule is CCCS(=O)C1CC2(CCC1NC)OCCO2. The Morgan fingerprint density at radius 1 is 1.41 bits per heavy atom. The van der Waals surface area contributed by atoms with Gasteiger partial charge in [-0.05, 0) is 19.9 Å². The van der Waals surface area contributed by atoms with Crippen molar-refractivity contribution in [1.29, 1.82) is 0 Å². The van der Waals surface area contributed by atoms with Gasteiger partial charge in [-0.25, -0.2) is 0 Å². The number of hydrogen-bond acceptors (Lipinski definition) is 4. The molecule has 1 heterocycles. The largest absolute Gasteiger partial charge is 0.347 e. The first-order valence-electron chi connectivity index (χ1n) is 6.53. The molecule has 0 aromatic carbocycles. The highest BCUT2D eigenvalue weighted by atomic mass is 32.2. The molecule has 3 unspecified atom stereocenters. The fourth-order valence-corrected chi connectivity index (χ4v) is 4.61. The highest BCUT2D eigenvalue weighted by Gasteiger charge is 2.46. The van der Waals surface area contributed by atoms with Gasteiger partial charge in [0, 0.05) is 35.4 Å². The van der Waals surface area contributed by atoms with Crippen molar-refractivity contribution >= 4 is 10.8 Å². The summed E-state index contributed by atoms with van der Waals surface area (Å²) in [5.41, 5.74) is 0. The van der Waals surface area contributed by atoms with E-state index in [0.29, 0.717) is 19.3 Å². The van der Waals surface area contributed by atoms with Crippen LogP contribution in [0.5, 0.6) is 0 Å². The van der Waals surface area contributed by atoms with Crippen molar-refractivity contribution in [3.63, 3.8) is 0 Å². The van der Waals surface area contributed by atoms with E-state index in [0.717, 1.165) is 31.4 Å². The second-order valence-corrected chi connectivity index (χ2v) is 6.64. The summed E-state index contributed by atoms with van der Waals surface area (Å²) in [5.74, 6) is 0.348. The van der Waals surface area contributed by atoms with E-state index in [1.807, 2.05) is 7.05 Å². The first-order valence-corrected chi connectivity index (χ1v) is 7.91. The molecule has 17 heavy (non-hydrogen) atoms. The van der Waals surface area contributed by atoms with Crippen molar-refractivity contribution in [3.8, 4) is 0 Å². The summed E-state index contributed by atoms with van der Waals surface area (Å²) in [7, 11) is 1.17. The van der Waals surface area contributed by atoms with Crippen molar-refractivity contribution < 1.29 is 13.7 Å². The Morgan fingerprint density at radius 3 is 2.71 bits per heavy atom. The van der Waals surface area contributed by atoms with Gasteiger partial charge in [-0.2, -0.15) is 0 Å². The van der Waals surface area contributed by atoms with Crippen LogP contribution < -0.4 is 5.32 Å². The van der Waals surface area contributed by atoms with E-state index >= 15 is 0 Å². The molecule has 0 aromatic heterocycles. The van der Waals surface area contributed by atoms with Crippen molar-refractivity contribution in [2.45, 2.75) is 49.7 Å². The zero-order chi connectivity index (χ0) is 12.3. The molecule has 3 atom stereocenters. The lowest BCUT2D eigenvalue weighted by Gasteiger charge is -2.40. The molecule has 0 amide bonds. The van der Waals surface area contributed by atoms with Gasteiger partial charge < -0.3 is 14.8 Å². The third-order valence-corrected chi connectivity index (χ3v) is 5.71. The van der Waals surface area contributed by atoms with Crippen LogP contribution >= 0.6 is 0 Å². The summed E-state index contributed by atoms with van der Waals surface area (Å²) < 4.78 is 23.8. The van der Waals surface area contributed by atoms with E-state index in [9.17, 15) is 4.21 Å². The molecule has 1 saturated heterocycles. The average Bonchev–Trinajstić information content (AvgIpc) is 2.78. The van der Waals surface area contributed by atoms with Crippen LogP contribution in [0.3, 0.4) is 0 Å². The summed E-state index contributed by atoms with van der Waals surface area (Å²) in [6.07, 6.45) is 3.63. The number of ether oxygens (including phenoxy) is 2. The predicted molar refractivity (Wildman–Crippen MR) is 68.4 cm³/mol. The molecule has 5 heteroatoms. The Hall–Kier alpha value is 0.0300. The smallest absolute Gasteiger partial charge is 0.169 e. The molecule has 0 aromatic rings. The van der Waals surface area contributed by atoms with E-state index in [2.05, 4.69) is 12.2 Å². The molecule has 4 nitrogen and oxygen atoms in total. The van der Waals surface area contributed by atoms with Gasteiger partial charge in [-0.1, -0.05) is 6.92 Å². The third kappa shape index (κ3) is 2.89. The second-order valence-electron chi connectivity index (χ2n) is 4.87. The summed E-state index contributed by atoms with van der Waals surface area (Å²) >= 11 is 0. The average molecular weight is 261 g/mol. The molecule has 0 bridgehead atoms. The predicted octanol–water partition coefficient (Wildman–Crippen LogP) is 1.03. The van der Waals surface area contributed by atoms with E-state index in [4.69, 9.17) is 9.47 Å². The molecule has 2 aliphatic rings. The fourth-order valence-electron chi connectivity index (χ4n) is 2.83. The normalized spacial score (nSPS) is 34.0. The van der Waals surface area contributed by atoms with Crippen molar-refractivity contribution in [2.75, 3.05) is 26.0 Å². The van der Waals surface area contributed by atoms with Gasteiger partial charge in [0.1, 0.15) is 0 Å². The Bertz CT molecular complexity index is 279. The minimum Gasteiger partial charge on any atom is -0.347 e. The summed E-state index contributed by atoms with van der Waals surface area (Å²) in [6.45, 7) is 3.43. The van der Waals surface area contributed by atoms with Crippen LogP contribution in [0.4, 0.5) is 0 Å². The Balaban J connectivity index is 2.05. The maximum atomic E-state index is 12.3. The summed E-state index contributed by atoms with van der Waals surface area (Å²) in [4.78, 5) is 0. The summed E-state index contributed by atoms with van der Waals surface area (Å²) in [6, 6.07) is 0.334. The molecule has 1 N–H and O–H groups in total. The van der Waals surface area contributed by atoms with Crippen molar-refractivity contribution in [2.24, 2.45) is 0 Å². The molecule has 100 valence electrons. The van der Waals surface area contributed by atoms with E-state index in [-0.39, 0.29) is 5.25 Å². The lowest BCUT2D eigenvalue weighted by molar-refractivity contribution is -0.178. The molecule has 2 rings (SSSR count). The topological polar surface area (TPSA) is 47.6 Å². The molecule has 1 aliphatic carbocycles. The van der Waals surface area contributed by atoms with Gasteiger partial charge in [-0.15, -0.1) is 0 Å². The quantitative estimate of drug-likeness (QED) is 0.821. The second kappa shape index (κ2) is 5.78. The first-order chi connectivity index (χ1) is 8.21. The molecule has 1 saturated carbocycles. The monoisotopic (exact) mass is 261 g/mol. The van der Waals surface area contributed by atoms with Crippen molar-refractivity contribution in [3.05, 3.63) is 0 Å². The van der Waals surface area contributed by atoms with Crippen LogP contribution in [0.1, 0.15) is 32.6 Å². The van der Waals surface area contributed by atoms with Crippen LogP contribution in [0.15, 0.2) is 0 Å².